The number of hydrogen-bond acceptors (Lipinski definition) is 4. The summed E-state index contributed by atoms with van der Waals surface area (Å²) in [7, 11) is 1.74. The number of carbonyl (C=O) groups excluding carboxylic acids is 1. The van der Waals surface area contributed by atoms with E-state index < -0.39 is 0 Å². The molecule has 2 rings (SSSR count). The highest BCUT2D eigenvalue weighted by molar-refractivity contribution is 7.99. The van der Waals surface area contributed by atoms with Crippen molar-refractivity contribution in [2.45, 2.75) is 18.9 Å². The third kappa shape index (κ3) is 3.60. The number of nitrogens with one attached hydrogen (secondary N) is 1. The number of ether oxygens (including phenoxy) is 1. The highest BCUT2D eigenvalue weighted by Gasteiger charge is 2.29. The molecule has 98 valence electrons. The molecule has 4 nitrogen and oxygen atoms in total. The van der Waals surface area contributed by atoms with Gasteiger partial charge in [0.2, 0.25) is 5.91 Å². The smallest absolute Gasteiger partial charge is 0.240 e. The summed E-state index contributed by atoms with van der Waals surface area (Å²) in [6.07, 6.45) is 2.30. The maximum Gasteiger partial charge on any atom is 0.240 e. The van der Waals surface area contributed by atoms with Crippen molar-refractivity contribution >= 4 is 17.7 Å². The average molecular weight is 258 g/mol. The molecule has 5 heteroatoms. The standard InChI is InChI=1S/C12H22N2O2S/c1-16-8-10-3-2-5-14(7-10)12(15)11-9-17-6-4-13-11/h10-11,13H,2-9H2,1H3. The summed E-state index contributed by atoms with van der Waals surface area (Å²) < 4.78 is 5.20. The topological polar surface area (TPSA) is 41.6 Å². The Hall–Kier alpha value is -0.260. The molecule has 0 aliphatic carbocycles. The molecule has 2 heterocycles. The van der Waals surface area contributed by atoms with Gasteiger partial charge in [0.1, 0.15) is 0 Å². The van der Waals surface area contributed by atoms with E-state index in [-0.39, 0.29) is 11.9 Å². The normalized spacial score (nSPS) is 30.3. The third-order valence-electron chi connectivity index (χ3n) is 3.45. The van der Waals surface area contributed by atoms with Gasteiger partial charge in [-0.25, -0.2) is 0 Å². The largest absolute Gasteiger partial charge is 0.384 e. The van der Waals surface area contributed by atoms with Crippen LogP contribution < -0.4 is 5.32 Å². The summed E-state index contributed by atoms with van der Waals surface area (Å²) >= 11 is 1.87. The molecule has 0 aromatic heterocycles. The van der Waals surface area contributed by atoms with Crippen LogP contribution in [0.1, 0.15) is 12.8 Å². The first-order valence-electron chi connectivity index (χ1n) is 6.40. The Labute approximate surface area is 107 Å². The number of thioether (sulfide) groups is 1. The van der Waals surface area contributed by atoms with E-state index >= 15 is 0 Å². The predicted molar refractivity (Wildman–Crippen MR) is 70.3 cm³/mol. The number of carbonyl (C=O) groups is 1. The molecule has 0 aromatic rings. The zero-order valence-corrected chi connectivity index (χ0v) is 11.3. The van der Waals surface area contributed by atoms with Crippen LogP contribution in [0.15, 0.2) is 0 Å². The van der Waals surface area contributed by atoms with E-state index in [0.717, 1.165) is 44.2 Å². The maximum atomic E-state index is 12.3. The van der Waals surface area contributed by atoms with Crippen molar-refractivity contribution in [2.24, 2.45) is 5.92 Å². The number of methoxy groups -OCH3 is 1. The van der Waals surface area contributed by atoms with Gasteiger partial charge in [0.25, 0.3) is 0 Å². The van der Waals surface area contributed by atoms with E-state index in [0.29, 0.717) is 5.92 Å². The fourth-order valence-electron chi connectivity index (χ4n) is 2.58. The molecule has 17 heavy (non-hydrogen) atoms. The molecule has 2 saturated heterocycles. The van der Waals surface area contributed by atoms with E-state index in [1.807, 2.05) is 16.7 Å². The predicted octanol–water partition coefficient (Wildman–Crippen LogP) is 0.576. The fraction of sp³-hybridized carbons (Fsp3) is 0.917. The van der Waals surface area contributed by atoms with Crippen LogP contribution in [-0.2, 0) is 9.53 Å². The quantitative estimate of drug-likeness (QED) is 0.804. The van der Waals surface area contributed by atoms with Crippen molar-refractivity contribution < 1.29 is 9.53 Å². The lowest BCUT2D eigenvalue weighted by atomic mass is 9.98. The van der Waals surface area contributed by atoms with Crippen molar-refractivity contribution in [1.82, 2.24) is 10.2 Å². The van der Waals surface area contributed by atoms with Crippen LogP contribution in [-0.4, -0.2) is 61.7 Å². The van der Waals surface area contributed by atoms with E-state index in [9.17, 15) is 4.79 Å². The van der Waals surface area contributed by atoms with Crippen LogP contribution in [0.2, 0.25) is 0 Å². The van der Waals surface area contributed by atoms with E-state index in [4.69, 9.17) is 4.74 Å². The van der Waals surface area contributed by atoms with Crippen LogP contribution in [0.4, 0.5) is 0 Å². The first kappa shape index (κ1) is 13.2. The van der Waals surface area contributed by atoms with E-state index in [1.165, 1.54) is 6.42 Å². The zero-order valence-electron chi connectivity index (χ0n) is 10.5. The molecule has 0 bridgehead atoms. The number of likely N-dealkylation sites (tertiary alicyclic amines) is 1. The van der Waals surface area contributed by atoms with Gasteiger partial charge in [-0.1, -0.05) is 0 Å². The summed E-state index contributed by atoms with van der Waals surface area (Å²) in [6.45, 7) is 3.52. The second-order valence-electron chi connectivity index (χ2n) is 4.83. The van der Waals surface area contributed by atoms with Crippen LogP contribution in [0, 0.1) is 5.92 Å². The van der Waals surface area contributed by atoms with Crippen LogP contribution in [0.25, 0.3) is 0 Å². The molecular formula is C12H22N2O2S. The maximum absolute atomic E-state index is 12.3. The number of nitrogens with zero attached hydrogens (tertiary/aromatic N) is 1. The van der Waals surface area contributed by atoms with Gasteiger partial charge in [-0.05, 0) is 18.8 Å². The van der Waals surface area contributed by atoms with Crippen molar-refractivity contribution in [1.29, 1.82) is 0 Å². The number of hydrogen-bond donors (Lipinski definition) is 1. The minimum atomic E-state index is 0.0371. The van der Waals surface area contributed by atoms with Crippen LogP contribution in [0.5, 0.6) is 0 Å². The molecule has 2 aliphatic rings. The first-order chi connectivity index (χ1) is 8.31. The molecule has 1 amide bonds. The van der Waals surface area contributed by atoms with Gasteiger partial charge in [-0.3, -0.25) is 4.79 Å². The van der Waals surface area contributed by atoms with Crippen molar-refractivity contribution in [3.63, 3.8) is 0 Å². The van der Waals surface area contributed by atoms with Gasteiger partial charge in [-0.15, -0.1) is 0 Å². The van der Waals surface area contributed by atoms with Crippen LogP contribution >= 0.6 is 11.8 Å². The molecule has 2 unspecified atom stereocenters. The van der Waals surface area contributed by atoms with Crippen molar-refractivity contribution in [3.05, 3.63) is 0 Å². The highest BCUT2D eigenvalue weighted by atomic mass is 32.2. The van der Waals surface area contributed by atoms with Gasteiger partial charge in [0.05, 0.1) is 12.6 Å². The number of amides is 1. The number of piperidine rings is 1. The molecule has 2 aliphatic heterocycles. The van der Waals surface area contributed by atoms with Gasteiger partial charge in [-0.2, -0.15) is 11.8 Å². The third-order valence-corrected chi connectivity index (χ3v) is 4.51. The highest BCUT2D eigenvalue weighted by Crippen LogP contribution is 2.19. The average Bonchev–Trinajstić information content (AvgIpc) is 2.40. The Kier molecular flexibility index (Phi) is 5.13. The Morgan fingerprint density at radius 1 is 1.59 bits per heavy atom. The SMILES string of the molecule is COCC1CCCN(C(=O)C2CSCCN2)C1. The lowest BCUT2D eigenvalue weighted by molar-refractivity contribution is -0.135. The monoisotopic (exact) mass is 258 g/mol. The second-order valence-corrected chi connectivity index (χ2v) is 5.98. The summed E-state index contributed by atoms with van der Waals surface area (Å²) in [5.41, 5.74) is 0. The molecule has 2 fully saturated rings. The van der Waals surface area contributed by atoms with Crippen molar-refractivity contribution in [3.8, 4) is 0 Å². The Morgan fingerprint density at radius 3 is 3.18 bits per heavy atom. The molecule has 0 spiro atoms. The Bertz CT molecular complexity index is 255. The minimum absolute atomic E-state index is 0.0371. The molecular weight excluding hydrogens is 236 g/mol. The fourth-order valence-corrected chi connectivity index (χ4v) is 3.51. The number of rotatable bonds is 3. The van der Waals surface area contributed by atoms with Gasteiger partial charge < -0.3 is 15.0 Å². The molecule has 0 radical (unpaired) electrons. The Balaban J connectivity index is 1.85. The summed E-state index contributed by atoms with van der Waals surface area (Å²) in [5, 5.41) is 3.32. The zero-order chi connectivity index (χ0) is 12.1. The van der Waals surface area contributed by atoms with Crippen LogP contribution in [0.3, 0.4) is 0 Å². The summed E-state index contributed by atoms with van der Waals surface area (Å²) in [6, 6.07) is 0.0371. The molecule has 0 saturated carbocycles. The van der Waals surface area contributed by atoms with Gasteiger partial charge in [0.15, 0.2) is 0 Å². The molecule has 0 aromatic carbocycles. The minimum Gasteiger partial charge on any atom is -0.384 e. The lowest BCUT2D eigenvalue weighted by Gasteiger charge is -2.35. The Morgan fingerprint density at radius 2 is 2.47 bits per heavy atom. The van der Waals surface area contributed by atoms with Crippen molar-refractivity contribution in [2.75, 3.05) is 44.9 Å². The lowest BCUT2D eigenvalue weighted by Crippen LogP contribution is -2.53. The molecule has 1 N–H and O–H groups in total. The second kappa shape index (κ2) is 6.61. The summed E-state index contributed by atoms with van der Waals surface area (Å²) in [4.78, 5) is 14.3. The van der Waals surface area contributed by atoms with E-state index in [2.05, 4.69) is 5.32 Å². The van der Waals surface area contributed by atoms with Gasteiger partial charge in [0, 0.05) is 38.2 Å². The summed E-state index contributed by atoms with van der Waals surface area (Å²) in [5.74, 6) is 2.85. The first-order valence-corrected chi connectivity index (χ1v) is 7.55. The van der Waals surface area contributed by atoms with E-state index in [1.54, 1.807) is 7.11 Å². The van der Waals surface area contributed by atoms with Gasteiger partial charge >= 0.3 is 0 Å². The molecule has 2 atom stereocenters.